The fourth-order valence-corrected chi connectivity index (χ4v) is 1.40. The van der Waals surface area contributed by atoms with Gasteiger partial charge in [0.1, 0.15) is 0 Å². The van der Waals surface area contributed by atoms with E-state index in [1.54, 1.807) is 23.3 Å². The van der Waals surface area contributed by atoms with Crippen molar-refractivity contribution < 1.29 is 0 Å². The van der Waals surface area contributed by atoms with E-state index in [0.29, 0.717) is 5.02 Å². The third-order valence-electron chi connectivity index (χ3n) is 1.49. The Balaban J connectivity index is 2.46. The lowest BCUT2D eigenvalue weighted by Crippen LogP contribution is -1.96. The van der Waals surface area contributed by atoms with Crippen LogP contribution in [0, 0.1) is 0 Å². The van der Waals surface area contributed by atoms with Crippen molar-refractivity contribution in [3.8, 4) is 5.82 Å². The summed E-state index contributed by atoms with van der Waals surface area (Å²) in [5.74, 6) is 0.737. The SMILES string of the molecule is Clc1cnn(-c2cc(Br)ccn2)c1. The highest BCUT2D eigenvalue weighted by Gasteiger charge is 1.99. The number of nitrogens with zero attached hydrogens (tertiary/aromatic N) is 3. The van der Waals surface area contributed by atoms with Gasteiger partial charge in [0, 0.05) is 10.7 Å². The maximum atomic E-state index is 5.73. The van der Waals surface area contributed by atoms with Gasteiger partial charge >= 0.3 is 0 Å². The molecule has 0 amide bonds. The molecule has 0 aliphatic heterocycles. The van der Waals surface area contributed by atoms with Crippen LogP contribution in [0.5, 0.6) is 0 Å². The Bertz CT molecular complexity index is 427. The second-order valence-electron chi connectivity index (χ2n) is 2.44. The lowest BCUT2D eigenvalue weighted by atomic mass is 10.5. The van der Waals surface area contributed by atoms with Gasteiger partial charge < -0.3 is 0 Å². The quantitative estimate of drug-likeness (QED) is 0.787. The van der Waals surface area contributed by atoms with E-state index in [9.17, 15) is 0 Å². The van der Waals surface area contributed by atoms with Gasteiger partial charge in [0.2, 0.25) is 0 Å². The topological polar surface area (TPSA) is 30.7 Å². The van der Waals surface area contributed by atoms with E-state index in [4.69, 9.17) is 11.6 Å². The predicted octanol–water partition coefficient (Wildman–Crippen LogP) is 2.68. The Kier molecular flexibility index (Phi) is 2.33. The van der Waals surface area contributed by atoms with E-state index in [2.05, 4.69) is 26.0 Å². The molecule has 5 heteroatoms. The molecule has 0 aromatic carbocycles. The third kappa shape index (κ3) is 1.89. The minimum Gasteiger partial charge on any atom is -0.237 e. The molecule has 13 heavy (non-hydrogen) atoms. The minimum absolute atomic E-state index is 0.599. The third-order valence-corrected chi connectivity index (χ3v) is 2.18. The molecular formula is C8H5BrClN3. The van der Waals surface area contributed by atoms with Crippen molar-refractivity contribution in [2.45, 2.75) is 0 Å². The minimum atomic E-state index is 0.599. The highest BCUT2D eigenvalue weighted by atomic mass is 79.9. The molecule has 66 valence electrons. The largest absolute Gasteiger partial charge is 0.237 e. The second kappa shape index (κ2) is 3.47. The molecule has 2 aromatic heterocycles. The van der Waals surface area contributed by atoms with Crippen molar-refractivity contribution >= 4 is 27.5 Å². The first-order chi connectivity index (χ1) is 6.25. The van der Waals surface area contributed by atoms with Crippen molar-refractivity contribution in [1.82, 2.24) is 14.8 Å². The molecule has 0 radical (unpaired) electrons. The molecule has 0 bridgehead atoms. The highest BCUT2D eigenvalue weighted by molar-refractivity contribution is 9.10. The Morgan fingerprint density at radius 1 is 1.46 bits per heavy atom. The summed E-state index contributed by atoms with van der Waals surface area (Å²) in [4.78, 5) is 4.13. The molecule has 2 heterocycles. The Morgan fingerprint density at radius 3 is 2.92 bits per heavy atom. The van der Waals surface area contributed by atoms with Crippen LogP contribution in [0.1, 0.15) is 0 Å². The molecule has 2 rings (SSSR count). The average Bonchev–Trinajstić information content (AvgIpc) is 2.52. The zero-order chi connectivity index (χ0) is 9.26. The highest BCUT2D eigenvalue weighted by Crippen LogP contribution is 2.14. The van der Waals surface area contributed by atoms with E-state index >= 15 is 0 Å². The Labute approximate surface area is 88.5 Å². The van der Waals surface area contributed by atoms with Crippen molar-refractivity contribution in [2.75, 3.05) is 0 Å². The van der Waals surface area contributed by atoms with Crippen LogP contribution >= 0.6 is 27.5 Å². The molecule has 0 aliphatic rings. The summed E-state index contributed by atoms with van der Waals surface area (Å²) in [6.45, 7) is 0. The number of aromatic nitrogens is 3. The van der Waals surface area contributed by atoms with Crippen LogP contribution in [-0.2, 0) is 0 Å². The normalized spacial score (nSPS) is 10.3. The molecule has 0 atom stereocenters. The van der Waals surface area contributed by atoms with E-state index in [1.165, 1.54) is 0 Å². The van der Waals surface area contributed by atoms with Gasteiger partial charge in [-0.15, -0.1) is 0 Å². The van der Waals surface area contributed by atoms with Gasteiger partial charge in [0.25, 0.3) is 0 Å². The summed E-state index contributed by atoms with van der Waals surface area (Å²) in [7, 11) is 0. The van der Waals surface area contributed by atoms with Gasteiger partial charge in [0.05, 0.1) is 17.4 Å². The smallest absolute Gasteiger partial charge is 0.154 e. The standard InChI is InChI=1S/C8H5BrClN3/c9-6-1-2-11-8(3-6)13-5-7(10)4-12-13/h1-5H. The van der Waals surface area contributed by atoms with Gasteiger partial charge in [-0.1, -0.05) is 27.5 Å². The fraction of sp³-hybridized carbons (Fsp3) is 0. The summed E-state index contributed by atoms with van der Waals surface area (Å²) >= 11 is 9.08. The van der Waals surface area contributed by atoms with E-state index in [1.807, 2.05) is 12.1 Å². The lowest BCUT2D eigenvalue weighted by Gasteiger charge is -1.98. The molecule has 3 nitrogen and oxygen atoms in total. The zero-order valence-corrected chi connectivity index (χ0v) is 8.83. The van der Waals surface area contributed by atoms with Gasteiger partial charge in [-0.25, -0.2) is 9.67 Å². The zero-order valence-electron chi connectivity index (χ0n) is 6.48. The number of hydrogen-bond donors (Lipinski definition) is 0. The first kappa shape index (κ1) is 8.72. The number of hydrogen-bond acceptors (Lipinski definition) is 2. The molecule has 0 unspecified atom stereocenters. The van der Waals surface area contributed by atoms with Crippen molar-refractivity contribution in [1.29, 1.82) is 0 Å². The van der Waals surface area contributed by atoms with Crippen LogP contribution in [0.2, 0.25) is 5.02 Å². The van der Waals surface area contributed by atoms with Crippen molar-refractivity contribution in [2.24, 2.45) is 0 Å². The van der Waals surface area contributed by atoms with Crippen LogP contribution in [0.3, 0.4) is 0 Å². The molecule has 0 N–H and O–H groups in total. The average molecular weight is 259 g/mol. The van der Waals surface area contributed by atoms with Gasteiger partial charge in [-0.2, -0.15) is 5.10 Å². The Hall–Kier alpha value is -0.870. The predicted molar refractivity (Wildman–Crippen MR) is 54.1 cm³/mol. The molecule has 2 aromatic rings. The van der Waals surface area contributed by atoms with Gasteiger partial charge in [-0.3, -0.25) is 0 Å². The lowest BCUT2D eigenvalue weighted by molar-refractivity contribution is 0.846. The first-order valence-electron chi connectivity index (χ1n) is 3.58. The van der Waals surface area contributed by atoms with Crippen LogP contribution < -0.4 is 0 Å². The first-order valence-corrected chi connectivity index (χ1v) is 4.75. The van der Waals surface area contributed by atoms with Crippen LogP contribution in [0.4, 0.5) is 0 Å². The van der Waals surface area contributed by atoms with Gasteiger partial charge in [-0.05, 0) is 12.1 Å². The Morgan fingerprint density at radius 2 is 2.31 bits per heavy atom. The second-order valence-corrected chi connectivity index (χ2v) is 3.79. The summed E-state index contributed by atoms with van der Waals surface area (Å²) < 4.78 is 2.58. The van der Waals surface area contributed by atoms with E-state index < -0.39 is 0 Å². The molecule has 0 saturated heterocycles. The number of rotatable bonds is 1. The summed E-state index contributed by atoms with van der Waals surface area (Å²) in [6.07, 6.45) is 4.98. The van der Waals surface area contributed by atoms with Crippen molar-refractivity contribution in [3.63, 3.8) is 0 Å². The monoisotopic (exact) mass is 257 g/mol. The summed E-state index contributed by atoms with van der Waals surface area (Å²) in [6, 6.07) is 3.72. The number of pyridine rings is 1. The summed E-state index contributed by atoms with van der Waals surface area (Å²) in [5.41, 5.74) is 0. The van der Waals surface area contributed by atoms with Crippen LogP contribution in [-0.4, -0.2) is 14.8 Å². The maximum Gasteiger partial charge on any atom is 0.154 e. The van der Waals surface area contributed by atoms with Crippen molar-refractivity contribution in [3.05, 3.63) is 40.2 Å². The van der Waals surface area contributed by atoms with E-state index in [0.717, 1.165) is 10.3 Å². The van der Waals surface area contributed by atoms with Crippen LogP contribution in [0.25, 0.3) is 5.82 Å². The summed E-state index contributed by atoms with van der Waals surface area (Å²) in [5, 5.41) is 4.63. The molecule has 0 spiro atoms. The van der Waals surface area contributed by atoms with Gasteiger partial charge in [0.15, 0.2) is 5.82 Å². The molecule has 0 aliphatic carbocycles. The van der Waals surface area contributed by atoms with Crippen LogP contribution in [0.15, 0.2) is 35.2 Å². The molecule has 0 saturated carbocycles. The fourth-order valence-electron chi connectivity index (χ4n) is 0.945. The maximum absolute atomic E-state index is 5.73. The van der Waals surface area contributed by atoms with E-state index in [-0.39, 0.29) is 0 Å². The molecule has 0 fully saturated rings. The molecular weight excluding hydrogens is 253 g/mol. The number of halogens is 2.